The normalized spacial score (nSPS) is 18.5. The molecular formula is C45H74N6O10. The molecule has 3 N–H and O–H groups in total. The van der Waals surface area contributed by atoms with Crippen molar-refractivity contribution in [2.75, 3.05) is 52.4 Å². The monoisotopic (exact) mass is 859 g/mol. The van der Waals surface area contributed by atoms with Crippen LogP contribution in [0.25, 0.3) is 0 Å². The molecule has 61 heavy (non-hydrogen) atoms. The van der Waals surface area contributed by atoms with Crippen LogP contribution in [0.4, 0.5) is 14.4 Å². The third-order valence-corrected chi connectivity index (χ3v) is 9.61. The first-order valence-electron chi connectivity index (χ1n) is 21.8. The van der Waals surface area contributed by atoms with Gasteiger partial charge in [0.05, 0.1) is 18.3 Å². The van der Waals surface area contributed by atoms with Gasteiger partial charge < -0.3 is 53.8 Å². The number of pyridine rings is 2. The van der Waals surface area contributed by atoms with Crippen LogP contribution in [0.5, 0.6) is 5.75 Å². The van der Waals surface area contributed by atoms with Crippen LogP contribution in [0.1, 0.15) is 114 Å². The number of aliphatic hydroxyl groups excluding tert-OH is 1. The van der Waals surface area contributed by atoms with Crippen molar-refractivity contribution in [2.24, 2.45) is 0 Å². The summed E-state index contributed by atoms with van der Waals surface area (Å²) in [6.07, 6.45) is 13.5. The number of amides is 3. The van der Waals surface area contributed by atoms with E-state index >= 15 is 0 Å². The van der Waals surface area contributed by atoms with Gasteiger partial charge in [-0.15, -0.1) is 0 Å². The number of nitrogens with zero attached hydrogens (tertiary/aromatic N) is 4. The second-order valence-corrected chi connectivity index (χ2v) is 18.7. The van der Waals surface area contributed by atoms with Gasteiger partial charge in [-0.05, 0) is 126 Å². The number of carbonyl (C=O) groups is 3. The zero-order valence-electron chi connectivity index (χ0n) is 38.2. The Bertz CT molecular complexity index is 1590. The van der Waals surface area contributed by atoms with E-state index in [1.54, 1.807) is 39.5 Å². The highest BCUT2D eigenvalue weighted by Crippen LogP contribution is 2.22. The predicted molar refractivity (Wildman–Crippen MR) is 234 cm³/mol. The van der Waals surface area contributed by atoms with Crippen LogP contribution in [-0.4, -0.2) is 142 Å². The molecule has 0 radical (unpaired) electrons. The predicted octanol–water partition coefficient (Wildman–Crippen LogP) is 6.77. The fraction of sp³-hybridized carbons (Fsp3) is 0.711. The molecule has 6 heterocycles. The van der Waals surface area contributed by atoms with Crippen molar-refractivity contribution in [1.29, 1.82) is 0 Å². The molecule has 0 unspecified atom stereocenters. The summed E-state index contributed by atoms with van der Waals surface area (Å²) in [6, 6.07) is 6.64. The number of ether oxygens (including phenoxy) is 5. The summed E-state index contributed by atoms with van der Waals surface area (Å²) in [5.41, 5.74) is -1.26. The third-order valence-electron chi connectivity index (χ3n) is 9.61. The third kappa shape index (κ3) is 22.3. The van der Waals surface area contributed by atoms with E-state index in [0.29, 0.717) is 51.2 Å². The molecule has 4 saturated heterocycles. The number of piperidine rings is 4. The number of likely N-dealkylation sites (tertiary alicyclic amines) is 3. The van der Waals surface area contributed by atoms with E-state index in [0.717, 1.165) is 70.5 Å². The highest BCUT2D eigenvalue weighted by Gasteiger charge is 2.30. The molecule has 0 aliphatic carbocycles. The topological polar surface area (TPSA) is 185 Å². The van der Waals surface area contributed by atoms with Gasteiger partial charge in [-0.1, -0.05) is 0 Å². The summed E-state index contributed by atoms with van der Waals surface area (Å²) in [7, 11) is 0. The number of rotatable bonds is 4. The summed E-state index contributed by atoms with van der Waals surface area (Å²) in [6.45, 7) is 23.0. The van der Waals surface area contributed by atoms with Crippen molar-refractivity contribution >= 4 is 18.3 Å². The van der Waals surface area contributed by atoms with Gasteiger partial charge in [0.1, 0.15) is 28.7 Å². The summed E-state index contributed by atoms with van der Waals surface area (Å²) < 4.78 is 28.0. The quantitative estimate of drug-likeness (QED) is 0.275. The molecular weight excluding hydrogens is 785 g/mol. The maximum atomic E-state index is 12.0. The average Bonchev–Trinajstić information content (AvgIpc) is 3.19. The van der Waals surface area contributed by atoms with Crippen LogP contribution in [0, 0.1) is 0 Å². The molecule has 6 rings (SSSR count). The highest BCUT2D eigenvalue weighted by molar-refractivity contribution is 5.69. The van der Waals surface area contributed by atoms with Crippen LogP contribution in [-0.2, 0) is 18.9 Å². The molecule has 0 atom stereocenters. The molecule has 3 amide bonds. The van der Waals surface area contributed by atoms with Gasteiger partial charge >= 0.3 is 18.3 Å². The van der Waals surface area contributed by atoms with Crippen molar-refractivity contribution in [3.63, 3.8) is 0 Å². The van der Waals surface area contributed by atoms with Crippen molar-refractivity contribution in [3.8, 4) is 5.75 Å². The second kappa shape index (κ2) is 24.9. The van der Waals surface area contributed by atoms with E-state index in [1.165, 1.54) is 12.1 Å². The van der Waals surface area contributed by atoms with E-state index in [2.05, 4.69) is 15.3 Å². The first kappa shape index (κ1) is 50.9. The van der Waals surface area contributed by atoms with Crippen LogP contribution < -0.4 is 15.5 Å². The Hall–Kier alpha value is -4.41. The molecule has 4 fully saturated rings. The molecule has 2 aromatic rings. The molecule has 16 nitrogen and oxygen atoms in total. The fourth-order valence-corrected chi connectivity index (χ4v) is 6.54. The second-order valence-electron chi connectivity index (χ2n) is 18.7. The standard InChI is InChI=1S/C15H28N2O3.C15H22N2O3.C10H19NO3.C5H5NO/c2*1-15(2,3)20-14(18)17-10-6-13(7-11-17)19-12-4-8-16-9-5-12;1-10(2,3)14-9(13)11-6-4-8(12)5-7-11;7-5-1-3-6-4-2-5/h12-13,16H,4-11H2,1-3H3;4-5,8-9,13H,6-7,10-11H2,1-3H3;8,12H,4-7H2,1-3H3;1-4H,(H,6,7). The lowest BCUT2D eigenvalue weighted by atomic mass is 10.1. The largest absolute Gasteiger partial charge is 0.490 e. The summed E-state index contributed by atoms with van der Waals surface area (Å²) in [4.78, 5) is 57.6. The number of aliphatic hydroxyl groups is 1. The minimum absolute atomic E-state index is 0.0405. The van der Waals surface area contributed by atoms with Gasteiger partial charge in [0.2, 0.25) is 0 Å². The number of hydrogen-bond acceptors (Lipinski definition) is 12. The molecule has 0 bridgehead atoms. The lowest BCUT2D eigenvalue weighted by Crippen LogP contribution is -2.44. The minimum Gasteiger partial charge on any atom is -0.490 e. The van der Waals surface area contributed by atoms with Gasteiger partial charge in [0.15, 0.2) is 5.43 Å². The van der Waals surface area contributed by atoms with Gasteiger partial charge in [-0.3, -0.25) is 9.78 Å². The summed E-state index contributed by atoms with van der Waals surface area (Å²) in [5, 5.41) is 12.6. The first-order chi connectivity index (χ1) is 28.7. The van der Waals surface area contributed by atoms with Gasteiger partial charge in [0.25, 0.3) is 0 Å². The van der Waals surface area contributed by atoms with Gasteiger partial charge in [0, 0.05) is 89.0 Å². The molecule has 4 aliphatic rings. The molecule has 0 aromatic carbocycles. The summed E-state index contributed by atoms with van der Waals surface area (Å²) >= 11 is 0. The van der Waals surface area contributed by atoms with Crippen molar-refractivity contribution in [2.45, 2.75) is 155 Å². The van der Waals surface area contributed by atoms with Crippen LogP contribution in [0.15, 0.2) is 53.8 Å². The van der Waals surface area contributed by atoms with Crippen LogP contribution in [0.3, 0.4) is 0 Å². The van der Waals surface area contributed by atoms with Gasteiger partial charge in [-0.2, -0.15) is 0 Å². The van der Waals surface area contributed by atoms with E-state index in [1.807, 2.05) is 74.4 Å². The van der Waals surface area contributed by atoms with Gasteiger partial charge in [-0.25, -0.2) is 14.4 Å². The molecule has 16 heteroatoms. The zero-order valence-corrected chi connectivity index (χ0v) is 38.2. The highest BCUT2D eigenvalue weighted by atomic mass is 16.6. The molecule has 344 valence electrons. The Morgan fingerprint density at radius 2 is 0.967 bits per heavy atom. The maximum Gasteiger partial charge on any atom is 0.410 e. The van der Waals surface area contributed by atoms with Crippen molar-refractivity contribution < 1.29 is 43.2 Å². The number of aromatic nitrogens is 2. The van der Waals surface area contributed by atoms with E-state index in [-0.39, 0.29) is 35.9 Å². The smallest absolute Gasteiger partial charge is 0.410 e. The Morgan fingerprint density at radius 1 is 0.590 bits per heavy atom. The Kier molecular flexibility index (Phi) is 20.8. The first-order valence-corrected chi connectivity index (χ1v) is 21.8. The number of nitrogens with one attached hydrogen (secondary N) is 2. The van der Waals surface area contributed by atoms with Crippen LogP contribution >= 0.6 is 0 Å². The number of hydrogen-bond donors (Lipinski definition) is 3. The lowest BCUT2D eigenvalue weighted by Gasteiger charge is -2.35. The van der Waals surface area contributed by atoms with E-state index in [4.69, 9.17) is 23.7 Å². The number of H-pyrrole nitrogens is 1. The SMILES string of the molecule is CC(C)(C)OC(=O)N1CCC(O)CC1.CC(C)(C)OC(=O)N1CCC(OC2CCNCC2)CC1.CC(C)(C)OC(=O)N1CCC(Oc2ccncc2)CC1.O=c1cc[nH]cc1. The maximum absolute atomic E-state index is 12.0. The van der Waals surface area contributed by atoms with E-state index in [9.17, 15) is 24.3 Å². The van der Waals surface area contributed by atoms with Crippen molar-refractivity contribution in [3.05, 3.63) is 59.3 Å². The Labute approximate surface area is 363 Å². The molecule has 4 aliphatic heterocycles. The lowest BCUT2D eigenvalue weighted by molar-refractivity contribution is -0.0554. The molecule has 0 spiro atoms. The average molecular weight is 859 g/mol. The fourth-order valence-electron chi connectivity index (χ4n) is 6.54. The molecule has 0 saturated carbocycles. The van der Waals surface area contributed by atoms with Crippen LogP contribution in [0.2, 0.25) is 0 Å². The minimum atomic E-state index is -0.443. The van der Waals surface area contributed by atoms with Crippen molar-refractivity contribution in [1.82, 2.24) is 30.0 Å². The number of carbonyl (C=O) groups excluding carboxylic acids is 3. The molecule has 2 aromatic heterocycles. The Balaban J connectivity index is 0.000000229. The Morgan fingerprint density at radius 3 is 1.34 bits per heavy atom. The zero-order chi connectivity index (χ0) is 45.1. The summed E-state index contributed by atoms with van der Waals surface area (Å²) in [5.74, 6) is 0.829. The number of aromatic amines is 1. The van der Waals surface area contributed by atoms with E-state index < -0.39 is 16.8 Å².